The van der Waals surface area contributed by atoms with E-state index in [1.54, 1.807) is 11.3 Å². The minimum absolute atomic E-state index is 1.14. The van der Waals surface area contributed by atoms with Gasteiger partial charge in [-0.15, -0.1) is 11.3 Å². The number of thiophene rings is 1. The zero-order chi connectivity index (χ0) is 11.8. The maximum Gasteiger partial charge on any atom is 0.0705 e. The highest BCUT2D eigenvalue weighted by molar-refractivity contribution is 9.11. The number of benzene rings is 2. The lowest BCUT2D eigenvalue weighted by atomic mass is 10.0. The molecule has 0 spiro atoms. The van der Waals surface area contributed by atoms with E-state index >= 15 is 0 Å². The number of halogens is 2. The smallest absolute Gasteiger partial charge is 0.0705 e. The molecule has 84 valence electrons. The molecular formula is C14H8Br2S. The van der Waals surface area contributed by atoms with Crippen LogP contribution in [0.15, 0.2) is 56.8 Å². The summed E-state index contributed by atoms with van der Waals surface area (Å²) in [7, 11) is 0. The zero-order valence-electron chi connectivity index (χ0n) is 8.78. The van der Waals surface area contributed by atoms with Gasteiger partial charge in [-0.05, 0) is 44.9 Å². The van der Waals surface area contributed by atoms with Crippen molar-refractivity contribution >= 4 is 54.0 Å². The van der Waals surface area contributed by atoms with Crippen LogP contribution in [0.3, 0.4) is 0 Å². The molecule has 0 saturated carbocycles. The molecule has 0 nitrogen and oxygen atoms in total. The molecule has 3 rings (SSSR count). The van der Waals surface area contributed by atoms with Crippen LogP contribution >= 0.6 is 43.2 Å². The van der Waals surface area contributed by atoms with E-state index in [4.69, 9.17) is 0 Å². The lowest BCUT2D eigenvalue weighted by molar-refractivity contribution is 1.69. The van der Waals surface area contributed by atoms with Crippen LogP contribution in [0.2, 0.25) is 0 Å². The Hall–Kier alpha value is -0.640. The molecule has 0 radical (unpaired) electrons. The van der Waals surface area contributed by atoms with Crippen LogP contribution in [0.25, 0.3) is 21.2 Å². The van der Waals surface area contributed by atoms with Crippen molar-refractivity contribution in [2.75, 3.05) is 0 Å². The van der Waals surface area contributed by atoms with Gasteiger partial charge in [-0.3, -0.25) is 0 Å². The SMILES string of the molecule is Brc1ccc(-c2c(Br)ccc3ccccc23)s1. The summed E-state index contributed by atoms with van der Waals surface area (Å²) < 4.78 is 2.30. The standard InChI is InChI=1S/C14H8Br2S/c15-11-6-5-9-3-1-2-4-10(9)14(11)12-7-8-13(16)17-12/h1-8H. The number of hydrogen-bond donors (Lipinski definition) is 0. The predicted molar refractivity (Wildman–Crippen MR) is 82.7 cm³/mol. The van der Waals surface area contributed by atoms with E-state index in [1.165, 1.54) is 21.2 Å². The lowest BCUT2D eigenvalue weighted by Gasteiger charge is -2.07. The minimum atomic E-state index is 1.14. The van der Waals surface area contributed by atoms with E-state index in [-0.39, 0.29) is 0 Å². The van der Waals surface area contributed by atoms with Crippen molar-refractivity contribution in [3.8, 4) is 10.4 Å². The van der Waals surface area contributed by atoms with Gasteiger partial charge in [-0.1, -0.05) is 46.3 Å². The summed E-state index contributed by atoms with van der Waals surface area (Å²) >= 11 is 8.93. The Morgan fingerprint density at radius 2 is 1.65 bits per heavy atom. The van der Waals surface area contributed by atoms with Crippen molar-refractivity contribution < 1.29 is 0 Å². The summed E-state index contributed by atoms with van der Waals surface area (Å²) in [5.74, 6) is 0. The highest BCUT2D eigenvalue weighted by Crippen LogP contribution is 2.40. The molecule has 3 aromatic rings. The van der Waals surface area contributed by atoms with Crippen LogP contribution < -0.4 is 0 Å². The van der Waals surface area contributed by atoms with E-state index in [9.17, 15) is 0 Å². The fourth-order valence-corrected chi connectivity index (χ4v) is 4.09. The van der Waals surface area contributed by atoms with Crippen LogP contribution in [0.4, 0.5) is 0 Å². The third kappa shape index (κ3) is 2.07. The van der Waals surface area contributed by atoms with Crippen molar-refractivity contribution in [3.63, 3.8) is 0 Å². The summed E-state index contributed by atoms with van der Waals surface area (Å²) in [5.41, 5.74) is 1.28. The topological polar surface area (TPSA) is 0 Å². The van der Waals surface area contributed by atoms with E-state index in [2.05, 4.69) is 80.4 Å². The largest absolute Gasteiger partial charge is 0.128 e. The molecule has 0 amide bonds. The van der Waals surface area contributed by atoms with E-state index in [0.29, 0.717) is 0 Å². The molecule has 3 heteroatoms. The fraction of sp³-hybridized carbons (Fsp3) is 0. The molecule has 1 heterocycles. The second-order valence-corrected chi connectivity index (χ2v) is 7.06. The van der Waals surface area contributed by atoms with Crippen LogP contribution in [-0.4, -0.2) is 0 Å². The Balaban J connectivity index is 2.38. The summed E-state index contributed by atoms with van der Waals surface area (Å²) in [6, 6.07) is 17.0. The van der Waals surface area contributed by atoms with E-state index in [0.717, 1.165) is 8.26 Å². The Morgan fingerprint density at radius 1 is 0.824 bits per heavy atom. The number of rotatable bonds is 1. The maximum absolute atomic E-state index is 3.65. The molecule has 0 unspecified atom stereocenters. The van der Waals surface area contributed by atoms with Gasteiger partial charge in [0.15, 0.2) is 0 Å². The molecule has 2 aromatic carbocycles. The molecule has 0 aliphatic heterocycles. The van der Waals surface area contributed by atoms with Gasteiger partial charge < -0.3 is 0 Å². The molecule has 0 aliphatic rings. The van der Waals surface area contributed by atoms with Crippen molar-refractivity contribution in [2.45, 2.75) is 0 Å². The zero-order valence-corrected chi connectivity index (χ0v) is 12.8. The average molecular weight is 368 g/mol. The summed E-state index contributed by atoms with van der Waals surface area (Å²) in [6.07, 6.45) is 0. The molecule has 0 fully saturated rings. The fourth-order valence-electron chi connectivity index (χ4n) is 1.94. The maximum atomic E-state index is 3.65. The van der Waals surface area contributed by atoms with Crippen LogP contribution in [0.5, 0.6) is 0 Å². The molecule has 0 bridgehead atoms. The van der Waals surface area contributed by atoms with Gasteiger partial charge in [0.2, 0.25) is 0 Å². The molecule has 17 heavy (non-hydrogen) atoms. The van der Waals surface area contributed by atoms with Crippen molar-refractivity contribution in [3.05, 3.63) is 56.8 Å². The normalized spacial score (nSPS) is 10.9. The molecule has 0 saturated heterocycles. The monoisotopic (exact) mass is 366 g/mol. The van der Waals surface area contributed by atoms with Crippen LogP contribution in [0, 0.1) is 0 Å². The van der Waals surface area contributed by atoms with Gasteiger partial charge in [-0.25, -0.2) is 0 Å². The molecule has 1 aromatic heterocycles. The Kier molecular flexibility index (Phi) is 3.07. The van der Waals surface area contributed by atoms with Crippen molar-refractivity contribution in [2.24, 2.45) is 0 Å². The number of hydrogen-bond acceptors (Lipinski definition) is 1. The third-order valence-electron chi connectivity index (χ3n) is 2.70. The van der Waals surface area contributed by atoms with E-state index < -0.39 is 0 Å². The highest BCUT2D eigenvalue weighted by atomic mass is 79.9. The van der Waals surface area contributed by atoms with Gasteiger partial charge in [0.05, 0.1) is 3.79 Å². The first kappa shape index (κ1) is 11.5. The minimum Gasteiger partial charge on any atom is -0.128 e. The third-order valence-corrected chi connectivity index (χ3v) is 5.00. The summed E-state index contributed by atoms with van der Waals surface area (Å²) in [6.45, 7) is 0. The predicted octanol–water partition coefficient (Wildman–Crippen LogP) is 6.09. The summed E-state index contributed by atoms with van der Waals surface area (Å²) in [5, 5.41) is 2.56. The van der Waals surface area contributed by atoms with Crippen LogP contribution in [-0.2, 0) is 0 Å². The van der Waals surface area contributed by atoms with Gasteiger partial charge in [-0.2, -0.15) is 0 Å². The average Bonchev–Trinajstić information content (AvgIpc) is 2.75. The van der Waals surface area contributed by atoms with Crippen LogP contribution in [0.1, 0.15) is 0 Å². The van der Waals surface area contributed by atoms with Crippen molar-refractivity contribution in [1.82, 2.24) is 0 Å². The second kappa shape index (κ2) is 4.56. The first-order valence-corrected chi connectivity index (χ1v) is 7.59. The second-order valence-electron chi connectivity index (χ2n) is 3.75. The first-order chi connectivity index (χ1) is 8.25. The van der Waals surface area contributed by atoms with Gasteiger partial charge in [0.1, 0.15) is 0 Å². The highest BCUT2D eigenvalue weighted by Gasteiger charge is 2.09. The van der Waals surface area contributed by atoms with E-state index in [1.807, 2.05) is 0 Å². The first-order valence-electron chi connectivity index (χ1n) is 5.18. The Bertz CT molecular complexity index is 686. The Morgan fingerprint density at radius 3 is 2.41 bits per heavy atom. The van der Waals surface area contributed by atoms with Crippen molar-refractivity contribution in [1.29, 1.82) is 0 Å². The molecule has 0 atom stereocenters. The molecular weight excluding hydrogens is 360 g/mol. The van der Waals surface area contributed by atoms with Gasteiger partial charge in [0.25, 0.3) is 0 Å². The lowest BCUT2D eigenvalue weighted by Crippen LogP contribution is -1.80. The number of fused-ring (bicyclic) bond motifs is 1. The van der Waals surface area contributed by atoms with Gasteiger partial charge >= 0.3 is 0 Å². The van der Waals surface area contributed by atoms with Gasteiger partial charge in [0, 0.05) is 14.9 Å². The quantitative estimate of drug-likeness (QED) is 0.487. The summed E-state index contributed by atoms with van der Waals surface area (Å²) in [4.78, 5) is 1.28. The Labute approximate surface area is 121 Å². The molecule has 0 N–H and O–H groups in total. The molecule has 0 aliphatic carbocycles.